The predicted molar refractivity (Wildman–Crippen MR) is 63.1 cm³/mol. The van der Waals surface area contributed by atoms with E-state index < -0.39 is 11.5 Å². The van der Waals surface area contributed by atoms with Gasteiger partial charge in [0.25, 0.3) is 5.91 Å². The van der Waals surface area contributed by atoms with Gasteiger partial charge < -0.3 is 15.2 Å². The zero-order valence-electron chi connectivity index (χ0n) is 10.6. The predicted octanol–water partition coefficient (Wildman–Crippen LogP) is -0.363. The van der Waals surface area contributed by atoms with Gasteiger partial charge in [-0.05, 0) is 6.92 Å². The number of nitrogens with one attached hydrogen (secondary N) is 2. The normalized spacial score (nSPS) is 27.4. The maximum atomic E-state index is 11.8. The molecule has 0 bridgehead atoms. The number of nitrogens with zero attached hydrogens (tertiary/aromatic N) is 2. The lowest BCUT2D eigenvalue weighted by molar-refractivity contribution is -0.0252. The molecule has 1 aromatic rings. The molecule has 1 aliphatic rings. The number of hydrogen-bond donors (Lipinski definition) is 3. The highest BCUT2D eigenvalue weighted by Gasteiger charge is 2.39. The van der Waals surface area contributed by atoms with Gasteiger partial charge >= 0.3 is 0 Å². The molecule has 1 aromatic heterocycles. The first-order chi connectivity index (χ1) is 8.55. The van der Waals surface area contributed by atoms with E-state index >= 15 is 0 Å². The number of aryl methyl sites for hydroxylation is 1. The van der Waals surface area contributed by atoms with Crippen molar-refractivity contribution in [3.8, 4) is 0 Å². The summed E-state index contributed by atoms with van der Waals surface area (Å²) in [5, 5.41) is 19.3. The highest BCUT2D eigenvalue weighted by molar-refractivity contribution is 5.90. The van der Waals surface area contributed by atoms with Gasteiger partial charge in [0, 0.05) is 26.0 Å². The number of aromatic nitrogens is 3. The summed E-state index contributed by atoms with van der Waals surface area (Å²) in [5.74, 6) is 0.372. The van der Waals surface area contributed by atoms with Crippen LogP contribution in [0.1, 0.15) is 36.7 Å². The van der Waals surface area contributed by atoms with E-state index in [1.807, 2.05) is 6.92 Å². The quantitative estimate of drug-likeness (QED) is 0.681. The summed E-state index contributed by atoms with van der Waals surface area (Å²) in [4.78, 5) is 15.8. The van der Waals surface area contributed by atoms with Crippen LogP contribution in [0.5, 0.6) is 0 Å². The lowest BCUT2D eigenvalue weighted by Gasteiger charge is -2.25. The highest BCUT2D eigenvalue weighted by atomic mass is 16.5. The number of carbonyl (C=O) groups is 1. The summed E-state index contributed by atoms with van der Waals surface area (Å²) in [7, 11) is 0. The van der Waals surface area contributed by atoms with Crippen LogP contribution < -0.4 is 5.32 Å². The van der Waals surface area contributed by atoms with Crippen LogP contribution >= 0.6 is 0 Å². The molecule has 0 saturated carbocycles. The number of rotatable bonds is 4. The van der Waals surface area contributed by atoms with Gasteiger partial charge in [-0.1, -0.05) is 6.92 Å². The number of H-pyrrole nitrogens is 1. The Morgan fingerprint density at radius 1 is 1.72 bits per heavy atom. The average molecular weight is 254 g/mol. The number of ether oxygens (including phenoxy) is 1. The van der Waals surface area contributed by atoms with Crippen LogP contribution in [-0.4, -0.2) is 51.1 Å². The molecular formula is C11H18N4O3. The summed E-state index contributed by atoms with van der Waals surface area (Å²) < 4.78 is 5.29. The fourth-order valence-electron chi connectivity index (χ4n) is 1.87. The second kappa shape index (κ2) is 5.03. The van der Waals surface area contributed by atoms with E-state index in [1.54, 1.807) is 6.92 Å². The zero-order valence-corrected chi connectivity index (χ0v) is 10.6. The van der Waals surface area contributed by atoms with Crippen LogP contribution in [0, 0.1) is 0 Å². The van der Waals surface area contributed by atoms with Crippen LogP contribution in [0.25, 0.3) is 0 Å². The summed E-state index contributed by atoms with van der Waals surface area (Å²) in [6.45, 7) is 4.36. The van der Waals surface area contributed by atoms with E-state index in [-0.39, 0.29) is 18.5 Å². The molecular weight excluding hydrogens is 236 g/mol. The van der Waals surface area contributed by atoms with Crippen LogP contribution in [-0.2, 0) is 11.2 Å². The molecule has 1 saturated heterocycles. The molecule has 18 heavy (non-hydrogen) atoms. The van der Waals surface area contributed by atoms with Gasteiger partial charge in [0.15, 0.2) is 0 Å². The van der Waals surface area contributed by atoms with E-state index in [1.165, 1.54) is 0 Å². The summed E-state index contributed by atoms with van der Waals surface area (Å²) >= 11 is 0. The van der Waals surface area contributed by atoms with E-state index in [2.05, 4.69) is 20.5 Å². The Morgan fingerprint density at radius 3 is 3.06 bits per heavy atom. The molecule has 2 rings (SSSR count). The minimum Gasteiger partial charge on any atom is -0.385 e. The Kier molecular flexibility index (Phi) is 3.63. The highest BCUT2D eigenvalue weighted by Crippen LogP contribution is 2.24. The summed E-state index contributed by atoms with van der Waals surface area (Å²) in [6.07, 6.45) is 0.925. The van der Waals surface area contributed by atoms with Gasteiger partial charge in [0.1, 0.15) is 11.4 Å². The van der Waals surface area contributed by atoms with Crippen LogP contribution in [0.3, 0.4) is 0 Å². The van der Waals surface area contributed by atoms with Crippen molar-refractivity contribution in [2.45, 2.75) is 38.4 Å². The summed E-state index contributed by atoms with van der Waals surface area (Å²) in [6, 6.07) is 0. The Labute approximate surface area is 105 Å². The van der Waals surface area contributed by atoms with Gasteiger partial charge in [-0.3, -0.25) is 9.89 Å². The lowest BCUT2D eigenvalue weighted by atomic mass is 9.97. The lowest BCUT2D eigenvalue weighted by Crippen LogP contribution is -2.47. The fourth-order valence-corrected chi connectivity index (χ4v) is 1.87. The Morgan fingerprint density at radius 2 is 2.50 bits per heavy atom. The second-order valence-corrected chi connectivity index (χ2v) is 4.51. The first-order valence-corrected chi connectivity index (χ1v) is 6.08. The number of aromatic amines is 1. The van der Waals surface area contributed by atoms with Gasteiger partial charge in [0.05, 0.1) is 6.10 Å². The molecule has 2 heterocycles. The van der Waals surface area contributed by atoms with Crippen LogP contribution in [0.4, 0.5) is 0 Å². The first kappa shape index (κ1) is 13.0. The maximum Gasteiger partial charge on any atom is 0.291 e. The van der Waals surface area contributed by atoms with Gasteiger partial charge in [-0.25, -0.2) is 4.98 Å². The van der Waals surface area contributed by atoms with Crippen molar-refractivity contribution in [3.63, 3.8) is 0 Å². The molecule has 1 fully saturated rings. The van der Waals surface area contributed by atoms with Crippen molar-refractivity contribution in [2.75, 3.05) is 13.2 Å². The third-order valence-corrected chi connectivity index (χ3v) is 3.28. The average Bonchev–Trinajstić information content (AvgIpc) is 2.95. The van der Waals surface area contributed by atoms with E-state index in [0.717, 1.165) is 0 Å². The first-order valence-electron chi connectivity index (χ1n) is 6.08. The number of carbonyl (C=O) groups excluding carboxylic acids is 1. The van der Waals surface area contributed by atoms with Crippen molar-refractivity contribution in [1.29, 1.82) is 0 Å². The van der Waals surface area contributed by atoms with Gasteiger partial charge in [-0.15, -0.1) is 5.10 Å². The molecule has 100 valence electrons. The fraction of sp³-hybridized carbons (Fsp3) is 0.727. The Bertz CT molecular complexity index is 434. The molecule has 0 aromatic carbocycles. The van der Waals surface area contributed by atoms with Crippen molar-refractivity contribution in [3.05, 3.63) is 11.6 Å². The zero-order chi connectivity index (χ0) is 13.2. The Hall–Kier alpha value is -1.47. The molecule has 1 amide bonds. The second-order valence-electron chi connectivity index (χ2n) is 4.51. The molecule has 7 nitrogen and oxygen atoms in total. The Balaban J connectivity index is 1.92. The topological polar surface area (TPSA) is 100 Å². The van der Waals surface area contributed by atoms with E-state index in [4.69, 9.17) is 4.74 Å². The number of amides is 1. The SMILES string of the molecule is CCc1nc(C(=O)NCC2(O)CCOC2C)n[nH]1. The molecule has 0 spiro atoms. The van der Waals surface area contributed by atoms with Crippen molar-refractivity contribution >= 4 is 5.91 Å². The minimum atomic E-state index is -1.00. The van der Waals surface area contributed by atoms with E-state index in [0.29, 0.717) is 25.3 Å². The van der Waals surface area contributed by atoms with Crippen molar-refractivity contribution < 1.29 is 14.6 Å². The van der Waals surface area contributed by atoms with Crippen LogP contribution in [0.15, 0.2) is 0 Å². The van der Waals surface area contributed by atoms with E-state index in [9.17, 15) is 9.90 Å². The molecule has 2 atom stereocenters. The molecule has 1 aliphatic heterocycles. The standard InChI is InChI=1S/C11H18N4O3/c1-3-8-13-9(15-14-8)10(16)12-6-11(17)4-5-18-7(11)2/h7,17H,3-6H2,1-2H3,(H,12,16)(H,13,14,15). The number of aliphatic hydroxyl groups is 1. The minimum absolute atomic E-state index is 0.0991. The van der Waals surface area contributed by atoms with Crippen molar-refractivity contribution in [1.82, 2.24) is 20.5 Å². The number of hydrogen-bond acceptors (Lipinski definition) is 5. The molecule has 0 aliphatic carbocycles. The largest absolute Gasteiger partial charge is 0.385 e. The van der Waals surface area contributed by atoms with Crippen LogP contribution in [0.2, 0.25) is 0 Å². The molecule has 7 heteroatoms. The molecule has 0 radical (unpaired) electrons. The van der Waals surface area contributed by atoms with Gasteiger partial charge in [-0.2, -0.15) is 0 Å². The third kappa shape index (κ3) is 2.51. The van der Waals surface area contributed by atoms with Crippen molar-refractivity contribution in [2.24, 2.45) is 0 Å². The monoisotopic (exact) mass is 254 g/mol. The smallest absolute Gasteiger partial charge is 0.291 e. The molecule has 3 N–H and O–H groups in total. The molecule has 2 unspecified atom stereocenters. The summed E-state index contributed by atoms with van der Waals surface area (Å²) in [5.41, 5.74) is -1.00. The van der Waals surface area contributed by atoms with Gasteiger partial charge in [0.2, 0.25) is 5.82 Å². The third-order valence-electron chi connectivity index (χ3n) is 3.28. The maximum absolute atomic E-state index is 11.8.